The number of hydrogen-bond donors (Lipinski definition) is 3. The molecule has 1 aliphatic rings. The fourth-order valence-electron chi connectivity index (χ4n) is 2.50. The maximum atomic E-state index is 11.9. The highest BCUT2D eigenvalue weighted by molar-refractivity contribution is 7.72. The molecule has 0 spiro atoms. The summed E-state index contributed by atoms with van der Waals surface area (Å²) in [7, 11) is 0. The van der Waals surface area contributed by atoms with Gasteiger partial charge in [-0.25, -0.2) is 4.79 Å². The minimum Gasteiger partial charge on any atom is -0.387 e. The van der Waals surface area contributed by atoms with Gasteiger partial charge in [0.25, 0.3) is 0 Å². The van der Waals surface area contributed by atoms with Crippen molar-refractivity contribution in [3.8, 4) is 0 Å². The van der Waals surface area contributed by atoms with Gasteiger partial charge < -0.3 is 20.7 Å². The zero-order valence-electron chi connectivity index (χ0n) is 13.1. The summed E-state index contributed by atoms with van der Waals surface area (Å²) in [6.45, 7) is 4.65. The molecule has 0 aliphatic carbocycles. The van der Waals surface area contributed by atoms with Crippen LogP contribution in [0.5, 0.6) is 0 Å². The van der Waals surface area contributed by atoms with E-state index in [2.05, 4.69) is 24.6 Å². The van der Waals surface area contributed by atoms with Gasteiger partial charge in [0.2, 0.25) is 0 Å². The summed E-state index contributed by atoms with van der Waals surface area (Å²) < 4.78 is 7.00. The van der Waals surface area contributed by atoms with E-state index in [1.807, 2.05) is 0 Å². The molecule has 1 aromatic heterocycles. The number of nitrogen functional groups attached to an aromatic ring is 1. The van der Waals surface area contributed by atoms with Gasteiger partial charge >= 0.3 is 5.69 Å². The minimum absolute atomic E-state index is 0.0978. The minimum atomic E-state index is -1.28. The number of aliphatic hydroxyl groups is 2. The Morgan fingerprint density at radius 1 is 1.55 bits per heavy atom. The zero-order chi connectivity index (χ0) is 16.7. The molecule has 1 aromatic rings. The van der Waals surface area contributed by atoms with Gasteiger partial charge in [-0.2, -0.15) is 4.98 Å². The highest BCUT2D eigenvalue weighted by atomic mass is 31.2. The van der Waals surface area contributed by atoms with Crippen LogP contribution in [0, 0.1) is 0 Å². The summed E-state index contributed by atoms with van der Waals surface area (Å²) >= 11 is 0. The summed E-state index contributed by atoms with van der Waals surface area (Å²) in [5, 5.41) is 20.6. The molecule has 4 N–H and O–H groups in total. The average Bonchev–Trinajstić information content (AvgIpc) is 2.61. The monoisotopic (exact) mass is 329 g/mol. The molecule has 2 rings (SSSR count). The van der Waals surface area contributed by atoms with Crippen LogP contribution in [-0.2, 0) is 4.74 Å². The molecule has 4 atom stereocenters. The average molecular weight is 329 g/mol. The van der Waals surface area contributed by atoms with E-state index in [-0.39, 0.29) is 5.82 Å². The Bertz CT molecular complexity index is 656. The van der Waals surface area contributed by atoms with Crippen LogP contribution in [0.15, 0.2) is 17.1 Å². The predicted octanol–water partition coefficient (Wildman–Crippen LogP) is -0.0659. The molecule has 2 heterocycles. The van der Waals surface area contributed by atoms with E-state index >= 15 is 0 Å². The SMILES string of the molecule is C=P(C)(C)CC[C@@]1(C)O[C@@H](n2ccc(N)nc2=O)[C@H](O)[C@@H]1O. The summed E-state index contributed by atoms with van der Waals surface area (Å²) in [4.78, 5) is 15.5. The largest absolute Gasteiger partial charge is 0.387 e. The van der Waals surface area contributed by atoms with Crippen molar-refractivity contribution in [2.24, 2.45) is 0 Å². The van der Waals surface area contributed by atoms with Crippen LogP contribution >= 0.6 is 6.89 Å². The number of rotatable bonds is 4. The summed E-state index contributed by atoms with van der Waals surface area (Å²) in [5.74, 6) is 0.0978. The quantitative estimate of drug-likeness (QED) is 0.667. The van der Waals surface area contributed by atoms with Crippen molar-refractivity contribution in [1.82, 2.24) is 9.55 Å². The summed E-state index contributed by atoms with van der Waals surface area (Å²) in [5.41, 5.74) is 3.91. The lowest BCUT2D eigenvalue weighted by Crippen LogP contribution is -2.41. The van der Waals surface area contributed by atoms with Crippen LogP contribution in [0.1, 0.15) is 19.6 Å². The Hall–Kier alpha value is -1.14. The summed E-state index contributed by atoms with van der Waals surface area (Å²) in [6.07, 6.45) is 3.65. The third-order valence-corrected chi connectivity index (χ3v) is 5.40. The zero-order valence-corrected chi connectivity index (χ0v) is 14.0. The van der Waals surface area contributed by atoms with Crippen LogP contribution < -0.4 is 11.4 Å². The second kappa shape index (κ2) is 5.81. The molecule has 7 nitrogen and oxygen atoms in total. The maximum absolute atomic E-state index is 11.9. The Balaban J connectivity index is 2.26. The highest BCUT2D eigenvalue weighted by Gasteiger charge is 2.51. The molecule has 1 aliphatic heterocycles. The van der Waals surface area contributed by atoms with E-state index < -0.39 is 36.6 Å². The van der Waals surface area contributed by atoms with E-state index in [9.17, 15) is 15.0 Å². The molecule has 0 amide bonds. The van der Waals surface area contributed by atoms with Gasteiger partial charge in [-0.15, -0.1) is 13.2 Å². The van der Waals surface area contributed by atoms with Crippen molar-refractivity contribution in [2.45, 2.75) is 37.4 Å². The van der Waals surface area contributed by atoms with Gasteiger partial charge in [-0.1, -0.05) is 0 Å². The number of hydrogen-bond acceptors (Lipinski definition) is 6. The van der Waals surface area contributed by atoms with E-state index in [1.165, 1.54) is 12.3 Å². The fourth-order valence-corrected chi connectivity index (χ4v) is 3.55. The smallest absolute Gasteiger partial charge is 0.351 e. The molecule has 8 heteroatoms. The van der Waals surface area contributed by atoms with Crippen molar-refractivity contribution in [2.75, 3.05) is 25.2 Å². The van der Waals surface area contributed by atoms with E-state index in [1.54, 1.807) is 6.92 Å². The van der Waals surface area contributed by atoms with Gasteiger partial charge in [0.05, 0.1) is 5.60 Å². The summed E-state index contributed by atoms with van der Waals surface area (Å²) in [6, 6.07) is 1.45. The van der Waals surface area contributed by atoms with Crippen molar-refractivity contribution >= 4 is 19.0 Å². The molecular formula is C14H24N3O4P. The number of ether oxygens (including phenoxy) is 1. The number of nitrogens with zero attached hydrogens (tertiary/aromatic N) is 2. The standard InChI is InChI=1S/C14H24N3O4P/c1-14(6-8-22(2,3)4)11(19)10(18)12(21-14)17-7-5-9(15)16-13(17)20/h5,7,10-12,18-19H,2,6,8H2,1,3-4H3,(H2,15,16,20)/t10-,11+,12-,14-/m1/s1. The van der Waals surface area contributed by atoms with Crippen molar-refractivity contribution in [3.63, 3.8) is 0 Å². The van der Waals surface area contributed by atoms with E-state index in [4.69, 9.17) is 10.5 Å². The molecule has 0 radical (unpaired) electrons. The second-order valence-corrected chi connectivity index (χ2v) is 11.0. The number of anilines is 1. The lowest BCUT2D eigenvalue weighted by atomic mass is 9.95. The Kier molecular flexibility index (Phi) is 4.55. The molecule has 0 aromatic carbocycles. The topological polar surface area (TPSA) is 111 Å². The van der Waals surface area contributed by atoms with Gasteiger partial charge in [0.1, 0.15) is 18.0 Å². The van der Waals surface area contributed by atoms with Gasteiger partial charge in [-0.3, -0.25) is 4.57 Å². The van der Waals surface area contributed by atoms with Crippen LogP contribution in [-0.4, -0.2) is 63.4 Å². The first-order valence-corrected chi connectivity index (χ1v) is 10.1. The molecule has 0 saturated carbocycles. The lowest BCUT2D eigenvalue weighted by Gasteiger charge is -2.29. The molecule has 0 unspecified atom stereocenters. The molecule has 1 fully saturated rings. The first-order valence-electron chi connectivity index (χ1n) is 7.09. The number of nitrogens with two attached hydrogens (primary N) is 1. The number of aromatic nitrogens is 2. The van der Waals surface area contributed by atoms with Crippen molar-refractivity contribution in [1.29, 1.82) is 0 Å². The Morgan fingerprint density at radius 3 is 2.73 bits per heavy atom. The Labute approximate surface area is 129 Å². The highest BCUT2D eigenvalue weighted by Crippen LogP contribution is 2.44. The van der Waals surface area contributed by atoms with Gasteiger partial charge in [0.15, 0.2) is 6.23 Å². The molecular weight excluding hydrogens is 305 g/mol. The maximum Gasteiger partial charge on any atom is 0.351 e. The normalized spacial score (nSPS) is 32.3. The molecule has 1 saturated heterocycles. The first kappa shape index (κ1) is 17.2. The van der Waals surface area contributed by atoms with Gasteiger partial charge in [-0.05, 0) is 38.9 Å². The van der Waals surface area contributed by atoms with Crippen LogP contribution in [0.2, 0.25) is 0 Å². The number of aliphatic hydroxyl groups excluding tert-OH is 2. The lowest BCUT2D eigenvalue weighted by molar-refractivity contribution is -0.0952. The van der Waals surface area contributed by atoms with E-state index in [0.717, 1.165) is 10.7 Å². The first-order chi connectivity index (χ1) is 10.0. The van der Waals surface area contributed by atoms with Crippen LogP contribution in [0.25, 0.3) is 0 Å². The Morgan fingerprint density at radius 2 is 2.18 bits per heavy atom. The molecule has 0 bridgehead atoms. The van der Waals surface area contributed by atoms with E-state index in [0.29, 0.717) is 6.42 Å². The van der Waals surface area contributed by atoms with Crippen LogP contribution in [0.4, 0.5) is 5.82 Å². The molecule has 22 heavy (non-hydrogen) atoms. The van der Waals surface area contributed by atoms with Crippen molar-refractivity contribution < 1.29 is 14.9 Å². The third-order valence-electron chi connectivity index (χ3n) is 3.97. The third kappa shape index (κ3) is 3.43. The predicted molar refractivity (Wildman–Crippen MR) is 88.8 cm³/mol. The van der Waals surface area contributed by atoms with Crippen molar-refractivity contribution in [3.05, 3.63) is 22.7 Å². The van der Waals surface area contributed by atoms with Crippen LogP contribution in [0.3, 0.4) is 0 Å². The molecule has 124 valence electrons. The fraction of sp³-hybridized carbons (Fsp3) is 0.643. The second-order valence-electron chi connectivity index (χ2n) is 6.71. The van der Waals surface area contributed by atoms with Gasteiger partial charge in [0, 0.05) is 6.20 Å².